The van der Waals surface area contributed by atoms with E-state index in [9.17, 15) is 10.1 Å². The van der Waals surface area contributed by atoms with Crippen molar-refractivity contribution in [3.05, 3.63) is 69.4 Å². The number of hydrogen-bond acceptors (Lipinski definition) is 6. The first kappa shape index (κ1) is 20.9. The Hall–Kier alpha value is -3.39. The monoisotopic (exact) mass is 422 g/mol. The zero-order valence-electron chi connectivity index (χ0n) is 17.8. The molecule has 0 radical (unpaired) electrons. The minimum absolute atomic E-state index is 0.122. The highest BCUT2D eigenvalue weighted by molar-refractivity contribution is 5.73. The Kier molecular flexibility index (Phi) is 6.18. The maximum absolute atomic E-state index is 11.9. The predicted octanol–water partition coefficient (Wildman–Crippen LogP) is 4.34. The maximum atomic E-state index is 11.9. The van der Waals surface area contributed by atoms with Gasteiger partial charge >= 0.3 is 5.69 Å². The largest absolute Gasteiger partial charge is 0.493 e. The number of nitro benzene ring substituents is 1. The molecule has 8 heteroatoms. The Bertz CT molecular complexity index is 1060. The summed E-state index contributed by atoms with van der Waals surface area (Å²) in [6.07, 6.45) is 1.97. The molecule has 0 aliphatic carbocycles. The second-order valence-electron chi connectivity index (χ2n) is 7.61. The molecule has 162 valence electrons. The zero-order chi connectivity index (χ0) is 21.8. The van der Waals surface area contributed by atoms with Gasteiger partial charge in [-0.1, -0.05) is 37.3 Å². The molecule has 0 amide bonds. The smallest absolute Gasteiger partial charge is 0.315 e. The van der Waals surface area contributed by atoms with Crippen LogP contribution in [0.4, 0.5) is 5.69 Å². The summed E-state index contributed by atoms with van der Waals surface area (Å²) in [6, 6.07) is 12.8. The Balaban J connectivity index is 1.70. The molecule has 0 unspecified atom stereocenters. The number of nitrogens with zero attached hydrogens (tertiary/aromatic N) is 3. The summed E-state index contributed by atoms with van der Waals surface area (Å²) < 4.78 is 11.3. The SMILES string of the molecule is CCCN1CCc2[nH]nc(-c3cc(OC)c(OCc4ccccc4)c([N+](=O)[O-])c3)c2C1. The predicted molar refractivity (Wildman–Crippen MR) is 117 cm³/mol. The van der Waals surface area contributed by atoms with Gasteiger partial charge < -0.3 is 9.47 Å². The van der Waals surface area contributed by atoms with Crippen molar-refractivity contribution in [3.63, 3.8) is 0 Å². The molecule has 2 heterocycles. The van der Waals surface area contributed by atoms with E-state index in [1.165, 1.54) is 13.2 Å². The second-order valence-corrected chi connectivity index (χ2v) is 7.61. The van der Waals surface area contributed by atoms with E-state index in [0.717, 1.165) is 55.0 Å². The molecule has 0 saturated heterocycles. The van der Waals surface area contributed by atoms with Gasteiger partial charge in [0.05, 0.1) is 17.7 Å². The van der Waals surface area contributed by atoms with Crippen molar-refractivity contribution in [1.82, 2.24) is 15.1 Å². The van der Waals surface area contributed by atoms with Crippen LogP contribution >= 0.6 is 0 Å². The summed E-state index contributed by atoms with van der Waals surface area (Å²) in [5.74, 6) is 0.440. The number of nitro groups is 1. The second kappa shape index (κ2) is 9.18. The zero-order valence-corrected chi connectivity index (χ0v) is 17.8. The van der Waals surface area contributed by atoms with Crippen LogP contribution in [0.25, 0.3) is 11.3 Å². The molecular formula is C23H26N4O4. The lowest BCUT2D eigenvalue weighted by molar-refractivity contribution is -0.386. The minimum Gasteiger partial charge on any atom is -0.493 e. The van der Waals surface area contributed by atoms with E-state index in [1.54, 1.807) is 6.07 Å². The van der Waals surface area contributed by atoms with Crippen LogP contribution in [0.5, 0.6) is 11.5 Å². The third kappa shape index (κ3) is 4.39. The number of nitrogens with one attached hydrogen (secondary N) is 1. The maximum Gasteiger partial charge on any atom is 0.315 e. The van der Waals surface area contributed by atoms with E-state index in [2.05, 4.69) is 22.0 Å². The van der Waals surface area contributed by atoms with Crippen LogP contribution in [-0.4, -0.2) is 40.2 Å². The van der Waals surface area contributed by atoms with Gasteiger partial charge in [-0.3, -0.25) is 20.1 Å². The van der Waals surface area contributed by atoms with Gasteiger partial charge in [-0.15, -0.1) is 0 Å². The molecule has 1 N–H and O–H groups in total. The number of methoxy groups -OCH3 is 1. The number of aromatic amines is 1. The summed E-state index contributed by atoms with van der Waals surface area (Å²) >= 11 is 0. The normalized spacial score (nSPS) is 13.6. The standard InChI is InChI=1S/C23H26N4O4/c1-3-10-26-11-9-19-18(14-26)22(25-24-19)17-12-20(27(28)29)23(21(13-17)30-2)31-15-16-7-5-4-6-8-16/h4-8,12-13H,3,9-11,14-15H2,1-2H3,(H,24,25). The van der Waals surface area contributed by atoms with E-state index in [-0.39, 0.29) is 18.0 Å². The van der Waals surface area contributed by atoms with Crippen molar-refractivity contribution in [2.75, 3.05) is 20.2 Å². The highest BCUT2D eigenvalue weighted by atomic mass is 16.6. The van der Waals surface area contributed by atoms with Gasteiger partial charge in [-0.25, -0.2) is 0 Å². The summed E-state index contributed by atoms with van der Waals surface area (Å²) in [4.78, 5) is 13.8. The highest BCUT2D eigenvalue weighted by Crippen LogP contribution is 2.42. The molecule has 8 nitrogen and oxygen atoms in total. The molecule has 0 spiro atoms. The quantitative estimate of drug-likeness (QED) is 0.429. The topological polar surface area (TPSA) is 93.5 Å². The Labute approximate surface area is 180 Å². The van der Waals surface area contributed by atoms with Crippen molar-refractivity contribution in [3.8, 4) is 22.8 Å². The van der Waals surface area contributed by atoms with Gasteiger partial charge in [0, 0.05) is 42.4 Å². The number of benzene rings is 2. The van der Waals surface area contributed by atoms with Gasteiger partial charge in [-0.05, 0) is 24.6 Å². The van der Waals surface area contributed by atoms with E-state index in [4.69, 9.17) is 9.47 Å². The number of H-pyrrole nitrogens is 1. The first-order chi connectivity index (χ1) is 15.1. The van der Waals surface area contributed by atoms with Crippen LogP contribution < -0.4 is 9.47 Å². The molecule has 0 fully saturated rings. The van der Waals surface area contributed by atoms with E-state index < -0.39 is 4.92 Å². The molecule has 1 aromatic heterocycles. The van der Waals surface area contributed by atoms with Crippen LogP contribution in [-0.2, 0) is 19.6 Å². The van der Waals surface area contributed by atoms with Crippen LogP contribution in [0.2, 0.25) is 0 Å². The van der Waals surface area contributed by atoms with Gasteiger partial charge in [0.1, 0.15) is 6.61 Å². The number of hydrogen-bond donors (Lipinski definition) is 1. The fraction of sp³-hybridized carbons (Fsp3) is 0.348. The highest BCUT2D eigenvalue weighted by Gasteiger charge is 2.27. The third-order valence-electron chi connectivity index (χ3n) is 5.50. The number of ether oxygens (including phenoxy) is 2. The van der Waals surface area contributed by atoms with Crippen molar-refractivity contribution < 1.29 is 14.4 Å². The summed E-state index contributed by atoms with van der Waals surface area (Å²) in [6.45, 7) is 5.14. The van der Waals surface area contributed by atoms with Crippen molar-refractivity contribution in [2.45, 2.75) is 32.9 Å². The molecule has 0 saturated carbocycles. The average Bonchev–Trinajstić information content (AvgIpc) is 3.21. The van der Waals surface area contributed by atoms with Crippen LogP contribution in [0.3, 0.4) is 0 Å². The minimum atomic E-state index is -0.436. The first-order valence-electron chi connectivity index (χ1n) is 10.4. The fourth-order valence-corrected chi connectivity index (χ4v) is 3.98. The van der Waals surface area contributed by atoms with Crippen molar-refractivity contribution in [1.29, 1.82) is 0 Å². The van der Waals surface area contributed by atoms with Crippen LogP contribution in [0, 0.1) is 10.1 Å². The molecule has 31 heavy (non-hydrogen) atoms. The van der Waals surface area contributed by atoms with E-state index in [0.29, 0.717) is 11.3 Å². The molecule has 1 aliphatic heterocycles. The average molecular weight is 422 g/mol. The van der Waals surface area contributed by atoms with Gasteiger partial charge in [0.25, 0.3) is 0 Å². The summed E-state index contributed by atoms with van der Waals surface area (Å²) in [5, 5.41) is 19.5. The third-order valence-corrected chi connectivity index (χ3v) is 5.50. The Morgan fingerprint density at radius 2 is 2.06 bits per heavy atom. The molecule has 0 bridgehead atoms. The van der Waals surface area contributed by atoms with E-state index in [1.807, 2.05) is 30.3 Å². The lowest BCUT2D eigenvalue weighted by Gasteiger charge is -2.26. The summed E-state index contributed by atoms with van der Waals surface area (Å²) in [7, 11) is 1.49. The van der Waals surface area contributed by atoms with Crippen molar-refractivity contribution in [2.24, 2.45) is 0 Å². The molecule has 2 aromatic carbocycles. The number of rotatable bonds is 8. The lowest BCUT2D eigenvalue weighted by Crippen LogP contribution is -2.31. The van der Waals surface area contributed by atoms with Crippen molar-refractivity contribution >= 4 is 5.69 Å². The lowest BCUT2D eigenvalue weighted by atomic mass is 10.00. The fourth-order valence-electron chi connectivity index (χ4n) is 3.98. The molecule has 1 aliphatic rings. The molecular weight excluding hydrogens is 396 g/mol. The molecule has 4 rings (SSSR count). The molecule has 0 atom stereocenters. The summed E-state index contributed by atoms with van der Waals surface area (Å²) in [5.41, 5.74) is 4.34. The first-order valence-corrected chi connectivity index (χ1v) is 10.4. The number of aromatic nitrogens is 2. The Morgan fingerprint density at radius 1 is 1.26 bits per heavy atom. The van der Waals surface area contributed by atoms with Crippen LogP contribution in [0.15, 0.2) is 42.5 Å². The van der Waals surface area contributed by atoms with Gasteiger partial charge in [0.2, 0.25) is 5.75 Å². The van der Waals surface area contributed by atoms with E-state index >= 15 is 0 Å². The van der Waals surface area contributed by atoms with Gasteiger partial charge in [0.15, 0.2) is 5.75 Å². The molecule has 3 aromatic rings. The number of fused-ring (bicyclic) bond motifs is 1. The Morgan fingerprint density at radius 3 is 2.77 bits per heavy atom. The van der Waals surface area contributed by atoms with Crippen LogP contribution in [0.1, 0.15) is 30.2 Å². The van der Waals surface area contributed by atoms with Gasteiger partial charge in [-0.2, -0.15) is 5.10 Å².